The molecule has 0 aromatic heterocycles. The molecule has 0 heterocycles. The summed E-state index contributed by atoms with van der Waals surface area (Å²) in [6.45, 7) is 3.29. The molecule has 64 valence electrons. The van der Waals surface area contributed by atoms with Crippen LogP contribution >= 0.6 is 0 Å². The van der Waals surface area contributed by atoms with Crippen LogP contribution in [0.5, 0.6) is 0 Å². The molecule has 0 bridgehead atoms. The molecule has 0 unspecified atom stereocenters. The maximum absolute atomic E-state index is 3.02. The van der Waals surface area contributed by atoms with E-state index in [1.807, 2.05) is 7.05 Å². The predicted molar refractivity (Wildman–Crippen MR) is 51.1 cm³/mol. The van der Waals surface area contributed by atoms with Crippen LogP contribution in [0.4, 0.5) is 0 Å². The normalized spacial score (nSPS) is 4.67. The van der Waals surface area contributed by atoms with Gasteiger partial charge < -0.3 is 5.32 Å². The maximum Gasteiger partial charge on any atom is -0.00546 e. The van der Waals surface area contributed by atoms with Gasteiger partial charge in [-0.15, -0.1) is 0 Å². The first-order chi connectivity index (χ1) is 2.41. The summed E-state index contributed by atoms with van der Waals surface area (Å²) >= 11 is 0. The van der Waals surface area contributed by atoms with Crippen LogP contribution < -0.4 is 5.32 Å². The molecular weight excluding hydrogens is 110 g/mol. The summed E-state index contributed by atoms with van der Waals surface area (Å²) in [5, 5.41) is 3.02. The van der Waals surface area contributed by atoms with Crippen molar-refractivity contribution in [2.24, 2.45) is 0 Å². The van der Waals surface area contributed by atoms with Crippen molar-refractivity contribution in [2.75, 3.05) is 13.6 Å². The summed E-state index contributed by atoms with van der Waals surface area (Å²) in [4.78, 5) is 0. The Morgan fingerprint density at radius 3 is 1.33 bits per heavy atom. The summed E-state index contributed by atoms with van der Waals surface area (Å²) in [7, 11) is 1.96. The average molecular weight is 137 g/mol. The van der Waals surface area contributed by atoms with Gasteiger partial charge >= 0.3 is 0 Å². The fraction of sp³-hybridized carbons (Fsp3) is 1.00. The second kappa shape index (κ2) is 44.0. The van der Waals surface area contributed by atoms with Crippen molar-refractivity contribution >= 4 is 0 Å². The lowest BCUT2D eigenvalue weighted by molar-refractivity contribution is 0.772. The molecule has 0 spiro atoms. The lowest BCUT2D eigenvalue weighted by Crippen LogP contribution is -2.04. The van der Waals surface area contributed by atoms with Crippen LogP contribution in [0.2, 0.25) is 0 Å². The first-order valence-corrected chi connectivity index (χ1v) is 2.06. The van der Waals surface area contributed by atoms with E-state index < -0.39 is 0 Å². The van der Waals surface area contributed by atoms with Crippen LogP contribution in [0.15, 0.2) is 0 Å². The summed E-state index contributed by atoms with van der Waals surface area (Å²) in [6, 6.07) is 0. The second-order valence-electron chi connectivity index (χ2n) is 1.10. The molecule has 0 aromatic rings. The lowest BCUT2D eigenvalue weighted by atomic mass is 10.5. The molecule has 9 heavy (non-hydrogen) atoms. The molecule has 0 aromatic carbocycles. The quantitative estimate of drug-likeness (QED) is 0.616. The third-order valence-electron chi connectivity index (χ3n) is 0.500. The second-order valence-corrected chi connectivity index (χ2v) is 1.10. The topological polar surface area (TPSA) is 12.0 Å². The van der Waals surface area contributed by atoms with Gasteiger partial charge in [0.05, 0.1) is 0 Å². The van der Waals surface area contributed by atoms with E-state index in [2.05, 4.69) is 12.2 Å². The number of hydrogen-bond acceptors (Lipinski definition) is 1. The highest BCUT2D eigenvalue weighted by atomic mass is 14.8. The van der Waals surface area contributed by atoms with Crippen molar-refractivity contribution in [2.45, 2.75) is 43.1 Å². The molecule has 0 amide bonds. The number of hydrogen-bond donors (Lipinski definition) is 1. The van der Waals surface area contributed by atoms with Crippen LogP contribution in [0.25, 0.3) is 0 Å². The Kier molecular flexibility index (Phi) is 177. The summed E-state index contributed by atoms with van der Waals surface area (Å²) in [6.07, 6.45) is 1.23. The van der Waals surface area contributed by atoms with Crippen molar-refractivity contribution < 1.29 is 0 Å². The van der Waals surface area contributed by atoms with Crippen LogP contribution in [0.1, 0.15) is 43.1 Å². The Morgan fingerprint density at radius 2 is 1.33 bits per heavy atom. The fourth-order valence-corrected chi connectivity index (χ4v) is 0.250. The lowest BCUT2D eigenvalue weighted by Gasteiger charge is -1.84. The van der Waals surface area contributed by atoms with Gasteiger partial charge in [0.2, 0.25) is 0 Å². The minimum absolute atomic E-state index is 0. The van der Waals surface area contributed by atoms with E-state index in [0.717, 1.165) is 6.54 Å². The first-order valence-electron chi connectivity index (χ1n) is 2.06. The first kappa shape index (κ1) is 36.2. The van der Waals surface area contributed by atoms with Gasteiger partial charge in [-0.25, -0.2) is 0 Å². The summed E-state index contributed by atoms with van der Waals surface area (Å²) in [5.41, 5.74) is 0. The van der Waals surface area contributed by atoms with Crippen LogP contribution in [-0.4, -0.2) is 13.6 Å². The Hall–Kier alpha value is -0.0400. The molecule has 1 nitrogen and oxygen atoms in total. The van der Waals surface area contributed by atoms with Crippen molar-refractivity contribution in [3.05, 3.63) is 0 Å². The molecule has 1 heteroatoms. The summed E-state index contributed by atoms with van der Waals surface area (Å²) < 4.78 is 0. The monoisotopic (exact) mass is 137 g/mol. The Bertz CT molecular complexity index is 12.0. The SMILES string of the molecule is C.C.C.C.CCCNC. The van der Waals surface area contributed by atoms with E-state index in [1.54, 1.807) is 0 Å². The van der Waals surface area contributed by atoms with Crippen LogP contribution in [0.3, 0.4) is 0 Å². The van der Waals surface area contributed by atoms with Gasteiger partial charge in [-0.1, -0.05) is 36.6 Å². The third kappa shape index (κ3) is 73.6. The van der Waals surface area contributed by atoms with Gasteiger partial charge in [-0.2, -0.15) is 0 Å². The van der Waals surface area contributed by atoms with Gasteiger partial charge in [0.25, 0.3) is 0 Å². The van der Waals surface area contributed by atoms with E-state index in [0.29, 0.717) is 0 Å². The smallest absolute Gasteiger partial charge is 0.00546 e. The Labute approximate surface area is 62.9 Å². The molecule has 0 atom stereocenters. The van der Waals surface area contributed by atoms with Gasteiger partial charge in [-0.05, 0) is 20.0 Å². The molecule has 0 saturated heterocycles. The van der Waals surface area contributed by atoms with Gasteiger partial charge in [0.1, 0.15) is 0 Å². The van der Waals surface area contributed by atoms with E-state index in [-0.39, 0.29) is 29.7 Å². The van der Waals surface area contributed by atoms with Gasteiger partial charge in [0, 0.05) is 0 Å². The zero-order valence-electron chi connectivity index (χ0n) is 3.91. The highest BCUT2D eigenvalue weighted by Crippen LogP contribution is 1.62. The average Bonchev–Trinajstić information content (AvgIpc) is 1.41. The molecule has 0 aliphatic rings. The van der Waals surface area contributed by atoms with Crippen molar-refractivity contribution in [1.29, 1.82) is 0 Å². The van der Waals surface area contributed by atoms with Crippen molar-refractivity contribution in [1.82, 2.24) is 5.32 Å². The summed E-state index contributed by atoms with van der Waals surface area (Å²) in [5.74, 6) is 0. The van der Waals surface area contributed by atoms with Crippen LogP contribution in [0, 0.1) is 0 Å². The molecule has 0 fully saturated rings. The van der Waals surface area contributed by atoms with Crippen molar-refractivity contribution in [3.63, 3.8) is 0 Å². The van der Waals surface area contributed by atoms with Crippen molar-refractivity contribution in [3.8, 4) is 0 Å². The zero-order chi connectivity index (χ0) is 4.12. The molecule has 0 rings (SSSR count). The van der Waals surface area contributed by atoms with Crippen LogP contribution in [-0.2, 0) is 0 Å². The zero-order valence-corrected chi connectivity index (χ0v) is 3.91. The maximum atomic E-state index is 3.02. The Balaban J connectivity index is -0.0000000133. The standard InChI is InChI=1S/C4H11N.4CH4/c1-3-4-5-2;;;;/h5H,3-4H2,1-2H3;4*1H4. The number of rotatable bonds is 2. The minimum Gasteiger partial charge on any atom is -0.320 e. The third-order valence-corrected chi connectivity index (χ3v) is 0.500. The van der Waals surface area contributed by atoms with Gasteiger partial charge in [-0.3, -0.25) is 0 Å². The largest absolute Gasteiger partial charge is 0.320 e. The highest BCUT2D eigenvalue weighted by Gasteiger charge is 1.64. The molecule has 1 N–H and O–H groups in total. The molecule has 0 aliphatic carbocycles. The van der Waals surface area contributed by atoms with E-state index in [4.69, 9.17) is 0 Å². The van der Waals surface area contributed by atoms with E-state index in [1.165, 1.54) is 6.42 Å². The molecule has 0 saturated carbocycles. The minimum atomic E-state index is 0. The van der Waals surface area contributed by atoms with Gasteiger partial charge in [0.15, 0.2) is 0 Å². The predicted octanol–water partition coefficient (Wildman–Crippen LogP) is 3.16. The molecule has 0 radical (unpaired) electrons. The highest BCUT2D eigenvalue weighted by molar-refractivity contribution is 4.28. The Morgan fingerprint density at radius 1 is 1.00 bits per heavy atom. The van der Waals surface area contributed by atoms with E-state index >= 15 is 0 Å². The fourth-order valence-electron chi connectivity index (χ4n) is 0.250. The molecular formula is C8H27N. The number of nitrogens with one attached hydrogen (secondary N) is 1. The van der Waals surface area contributed by atoms with E-state index in [9.17, 15) is 0 Å². The molecule has 0 aliphatic heterocycles.